The zero-order valence-corrected chi connectivity index (χ0v) is 13.7. The van der Waals surface area contributed by atoms with Gasteiger partial charge in [-0.25, -0.2) is 9.97 Å². The summed E-state index contributed by atoms with van der Waals surface area (Å²) in [5.41, 5.74) is 0.0163. The standard InChI is InChI=1S/C16H10F4N2O3S/c17-15(18)16(19,20)26-13-8-9(2-5-12(13)25-15)10(23)3-4-11(24)14-21-6-1-7-22-14/h1-2,5-8H,3-4H2. The first-order chi connectivity index (χ1) is 12.2. The van der Waals surface area contributed by atoms with E-state index in [9.17, 15) is 27.2 Å². The Morgan fingerprint density at radius 1 is 1.04 bits per heavy atom. The van der Waals surface area contributed by atoms with Crippen molar-refractivity contribution >= 4 is 23.3 Å². The molecule has 0 N–H and O–H groups in total. The van der Waals surface area contributed by atoms with E-state index >= 15 is 0 Å². The van der Waals surface area contributed by atoms with Gasteiger partial charge < -0.3 is 4.74 Å². The Hall–Kier alpha value is -2.49. The largest absolute Gasteiger partial charge is 0.475 e. The molecule has 0 radical (unpaired) electrons. The number of hydrogen-bond donors (Lipinski definition) is 0. The lowest BCUT2D eigenvalue weighted by atomic mass is 10.0. The van der Waals surface area contributed by atoms with Crippen LogP contribution in [0, 0.1) is 0 Å². The van der Waals surface area contributed by atoms with E-state index in [1.807, 2.05) is 0 Å². The van der Waals surface area contributed by atoms with Gasteiger partial charge in [0.05, 0.1) is 4.90 Å². The van der Waals surface area contributed by atoms with Crippen LogP contribution in [-0.4, -0.2) is 32.9 Å². The van der Waals surface area contributed by atoms with Gasteiger partial charge in [-0.2, -0.15) is 17.6 Å². The molecule has 0 aliphatic carbocycles. The number of thioether (sulfide) groups is 1. The zero-order chi connectivity index (χ0) is 18.9. The monoisotopic (exact) mass is 386 g/mol. The molecule has 0 saturated heterocycles. The maximum atomic E-state index is 13.4. The van der Waals surface area contributed by atoms with Crippen LogP contribution in [0.1, 0.15) is 33.8 Å². The predicted octanol–water partition coefficient (Wildman–Crippen LogP) is 3.99. The van der Waals surface area contributed by atoms with Gasteiger partial charge in [0.2, 0.25) is 0 Å². The number of Topliss-reactive ketones (excluding diaryl/α,β-unsaturated/α-hetero) is 2. The molecular formula is C16H10F4N2O3S. The molecule has 3 rings (SSSR count). The normalized spacial score (nSPS) is 17.1. The van der Waals surface area contributed by atoms with Crippen molar-refractivity contribution < 1.29 is 31.9 Å². The summed E-state index contributed by atoms with van der Waals surface area (Å²) in [6.45, 7) is 0. The Morgan fingerprint density at radius 2 is 1.69 bits per heavy atom. The number of benzene rings is 1. The first-order valence-corrected chi connectivity index (χ1v) is 8.12. The molecule has 1 aromatic carbocycles. The highest BCUT2D eigenvalue weighted by atomic mass is 32.2. The van der Waals surface area contributed by atoms with Crippen molar-refractivity contribution in [1.29, 1.82) is 0 Å². The molecule has 26 heavy (non-hydrogen) atoms. The number of rotatable bonds is 5. The lowest BCUT2D eigenvalue weighted by Crippen LogP contribution is -2.45. The Morgan fingerprint density at radius 3 is 2.38 bits per heavy atom. The van der Waals surface area contributed by atoms with Gasteiger partial charge in [-0.05, 0) is 36.0 Å². The van der Waals surface area contributed by atoms with Crippen molar-refractivity contribution in [2.24, 2.45) is 0 Å². The highest BCUT2D eigenvalue weighted by molar-refractivity contribution is 8.00. The summed E-state index contributed by atoms with van der Waals surface area (Å²) in [6.07, 6.45) is -2.23. The fourth-order valence-corrected chi connectivity index (χ4v) is 3.00. The first-order valence-electron chi connectivity index (χ1n) is 7.31. The number of hydrogen-bond acceptors (Lipinski definition) is 6. The molecule has 2 aromatic rings. The summed E-state index contributed by atoms with van der Waals surface area (Å²) in [5.74, 6) is -1.41. The highest BCUT2D eigenvalue weighted by Crippen LogP contribution is 2.54. The molecule has 0 bridgehead atoms. The number of aromatic nitrogens is 2. The van der Waals surface area contributed by atoms with Crippen LogP contribution in [-0.2, 0) is 0 Å². The molecule has 0 fully saturated rings. The molecule has 5 nitrogen and oxygen atoms in total. The second kappa shape index (κ2) is 6.67. The molecular weight excluding hydrogens is 376 g/mol. The van der Waals surface area contributed by atoms with Gasteiger partial charge in [0.15, 0.2) is 17.4 Å². The average Bonchev–Trinajstić information content (AvgIpc) is 2.60. The van der Waals surface area contributed by atoms with Crippen LogP contribution in [0.3, 0.4) is 0 Å². The summed E-state index contributed by atoms with van der Waals surface area (Å²) in [5, 5.41) is -4.46. The van der Waals surface area contributed by atoms with E-state index < -0.39 is 28.7 Å². The highest BCUT2D eigenvalue weighted by Gasteiger charge is 2.63. The molecule has 1 aromatic heterocycles. The molecule has 0 amide bonds. The maximum Gasteiger partial charge on any atom is 0.475 e. The van der Waals surface area contributed by atoms with Crippen molar-refractivity contribution in [2.75, 3.05) is 0 Å². The molecule has 136 valence electrons. The summed E-state index contributed by atoms with van der Waals surface area (Å²) in [4.78, 5) is 31.3. The molecule has 0 unspecified atom stereocenters. The third-order valence-electron chi connectivity index (χ3n) is 3.48. The summed E-state index contributed by atoms with van der Waals surface area (Å²) in [7, 11) is 0. The van der Waals surface area contributed by atoms with E-state index in [2.05, 4.69) is 14.7 Å². The molecule has 10 heteroatoms. The number of carbonyl (C=O) groups excluding carboxylic acids is 2. The summed E-state index contributed by atoms with van der Waals surface area (Å²) >= 11 is -0.374. The van der Waals surface area contributed by atoms with Crippen molar-refractivity contribution in [3.63, 3.8) is 0 Å². The number of halogens is 4. The van der Waals surface area contributed by atoms with Crippen LogP contribution < -0.4 is 4.74 Å². The van der Waals surface area contributed by atoms with Crippen molar-refractivity contribution in [3.8, 4) is 5.75 Å². The zero-order valence-electron chi connectivity index (χ0n) is 12.9. The van der Waals surface area contributed by atoms with Gasteiger partial charge in [-0.1, -0.05) is 0 Å². The average molecular weight is 386 g/mol. The van der Waals surface area contributed by atoms with Gasteiger partial charge >= 0.3 is 11.4 Å². The summed E-state index contributed by atoms with van der Waals surface area (Å²) < 4.78 is 57.2. The second-order valence-electron chi connectivity index (χ2n) is 5.32. The van der Waals surface area contributed by atoms with Gasteiger partial charge in [0, 0.05) is 30.8 Å². The molecule has 2 heterocycles. The van der Waals surface area contributed by atoms with E-state index in [4.69, 9.17) is 0 Å². The number of nitrogens with zero attached hydrogens (tertiary/aromatic N) is 2. The van der Waals surface area contributed by atoms with Gasteiger partial charge in [-0.15, -0.1) is 0 Å². The SMILES string of the molecule is O=C(CCC(=O)c1ncccn1)c1ccc2c(c1)SC(F)(F)C(F)(F)O2. The molecule has 1 aliphatic heterocycles. The minimum Gasteiger partial charge on any atom is -0.426 e. The van der Waals surface area contributed by atoms with Crippen LogP contribution in [0.5, 0.6) is 5.75 Å². The topological polar surface area (TPSA) is 69.2 Å². The van der Waals surface area contributed by atoms with Crippen LogP contribution in [0.4, 0.5) is 17.6 Å². The Kier molecular flexibility index (Phi) is 4.70. The molecule has 0 spiro atoms. The lowest BCUT2D eigenvalue weighted by molar-refractivity contribution is -0.273. The third-order valence-corrected chi connectivity index (χ3v) is 4.51. The Bertz CT molecular complexity index is 862. The van der Waals surface area contributed by atoms with E-state index in [0.29, 0.717) is 0 Å². The number of ketones is 2. The number of ether oxygens (including phenoxy) is 1. The fraction of sp³-hybridized carbons (Fsp3) is 0.250. The third kappa shape index (κ3) is 3.55. The van der Waals surface area contributed by atoms with Gasteiger partial charge in [0.25, 0.3) is 0 Å². The maximum absolute atomic E-state index is 13.4. The minimum absolute atomic E-state index is 0.0163. The van der Waals surface area contributed by atoms with Crippen LogP contribution in [0.25, 0.3) is 0 Å². The van der Waals surface area contributed by atoms with E-state index in [-0.39, 0.29) is 40.9 Å². The Labute approximate surface area is 148 Å². The molecule has 0 atom stereocenters. The minimum atomic E-state index is -4.64. The first kappa shape index (κ1) is 18.3. The molecule has 0 saturated carbocycles. The van der Waals surface area contributed by atoms with E-state index in [1.165, 1.54) is 24.5 Å². The van der Waals surface area contributed by atoms with Crippen LogP contribution in [0.15, 0.2) is 41.6 Å². The predicted molar refractivity (Wildman–Crippen MR) is 82.7 cm³/mol. The van der Waals surface area contributed by atoms with E-state index in [0.717, 1.165) is 12.1 Å². The van der Waals surface area contributed by atoms with Gasteiger partial charge in [-0.3, -0.25) is 9.59 Å². The number of fused-ring (bicyclic) bond motifs is 1. The lowest BCUT2D eigenvalue weighted by Gasteiger charge is -2.31. The number of carbonyl (C=O) groups is 2. The van der Waals surface area contributed by atoms with E-state index in [1.54, 1.807) is 0 Å². The van der Waals surface area contributed by atoms with Crippen LogP contribution in [0.2, 0.25) is 0 Å². The molecule has 1 aliphatic rings. The quantitative estimate of drug-likeness (QED) is 0.572. The van der Waals surface area contributed by atoms with Crippen molar-refractivity contribution in [3.05, 3.63) is 48.0 Å². The summed E-state index contributed by atoms with van der Waals surface area (Å²) in [6, 6.07) is 4.80. The van der Waals surface area contributed by atoms with Gasteiger partial charge in [0.1, 0.15) is 5.75 Å². The number of alkyl halides is 4. The fourth-order valence-electron chi connectivity index (χ4n) is 2.17. The van der Waals surface area contributed by atoms with Crippen molar-refractivity contribution in [2.45, 2.75) is 29.1 Å². The smallest absolute Gasteiger partial charge is 0.426 e. The second-order valence-corrected chi connectivity index (χ2v) is 6.47. The van der Waals surface area contributed by atoms with Crippen molar-refractivity contribution in [1.82, 2.24) is 9.97 Å². The van der Waals surface area contributed by atoms with Crippen LogP contribution >= 0.6 is 11.8 Å². The Balaban J connectivity index is 1.71.